The number of rotatable bonds is 7. The van der Waals surface area contributed by atoms with Gasteiger partial charge in [0.15, 0.2) is 5.96 Å². The fraction of sp³-hybridized carbons (Fsp3) is 0.562. The topological polar surface area (TPSA) is 58.3 Å². The van der Waals surface area contributed by atoms with Crippen LogP contribution in [-0.2, 0) is 13.1 Å². The summed E-state index contributed by atoms with van der Waals surface area (Å²) < 4.78 is 1.95. The molecule has 1 N–H and O–H groups in total. The summed E-state index contributed by atoms with van der Waals surface area (Å²) in [5.41, 5.74) is 1.09. The van der Waals surface area contributed by atoms with Gasteiger partial charge in [0.25, 0.3) is 0 Å². The predicted molar refractivity (Wildman–Crippen MR) is 111 cm³/mol. The first-order chi connectivity index (χ1) is 11.1. The minimum Gasteiger partial charge on any atom is -0.357 e. The summed E-state index contributed by atoms with van der Waals surface area (Å²) in [4.78, 5) is 11.4. The van der Waals surface area contributed by atoms with Gasteiger partial charge in [0, 0.05) is 44.5 Å². The lowest BCUT2D eigenvalue weighted by Gasteiger charge is -2.22. The van der Waals surface area contributed by atoms with Crippen molar-refractivity contribution in [3.63, 3.8) is 0 Å². The van der Waals surface area contributed by atoms with Crippen molar-refractivity contribution in [3.8, 4) is 0 Å². The number of hydrogen-bond donors (Lipinski definition) is 1. The van der Waals surface area contributed by atoms with Crippen molar-refractivity contribution in [3.05, 3.63) is 34.5 Å². The lowest BCUT2D eigenvalue weighted by Crippen LogP contribution is -2.39. The van der Waals surface area contributed by atoms with E-state index in [9.17, 15) is 0 Å². The maximum atomic E-state index is 4.76. The van der Waals surface area contributed by atoms with E-state index in [4.69, 9.17) is 4.99 Å². The first-order valence-corrected chi connectivity index (χ1v) is 8.84. The summed E-state index contributed by atoms with van der Waals surface area (Å²) in [6.07, 6.45) is 3.80. The molecule has 2 rings (SSSR count). The minimum atomic E-state index is 0. The Morgan fingerprint density at radius 2 is 2.29 bits per heavy atom. The molecule has 0 aliphatic heterocycles. The van der Waals surface area contributed by atoms with E-state index < -0.39 is 0 Å². The van der Waals surface area contributed by atoms with Gasteiger partial charge >= 0.3 is 0 Å². The molecule has 0 aliphatic carbocycles. The van der Waals surface area contributed by atoms with Crippen LogP contribution >= 0.6 is 35.3 Å². The average molecular weight is 462 g/mol. The fourth-order valence-electron chi connectivity index (χ4n) is 2.30. The van der Waals surface area contributed by atoms with Crippen LogP contribution in [0.2, 0.25) is 0 Å². The Hall–Kier alpha value is -1.16. The number of aryl methyl sites for hydroxylation is 1. The Bertz CT molecular complexity index is 610. The van der Waals surface area contributed by atoms with Crippen molar-refractivity contribution < 1.29 is 0 Å². The number of hydrogen-bond acceptors (Lipinski definition) is 4. The van der Waals surface area contributed by atoms with Crippen LogP contribution in [0.4, 0.5) is 0 Å². The van der Waals surface area contributed by atoms with Crippen LogP contribution < -0.4 is 5.32 Å². The zero-order valence-electron chi connectivity index (χ0n) is 14.8. The molecule has 0 aliphatic rings. The van der Waals surface area contributed by atoms with E-state index in [1.807, 2.05) is 37.1 Å². The molecule has 1 unspecified atom stereocenters. The maximum Gasteiger partial charge on any atom is 0.194 e. The Morgan fingerprint density at radius 3 is 2.88 bits per heavy atom. The van der Waals surface area contributed by atoms with Gasteiger partial charge in [0.1, 0.15) is 0 Å². The van der Waals surface area contributed by atoms with Crippen LogP contribution in [-0.4, -0.2) is 45.8 Å². The average Bonchev–Trinajstić information content (AvgIpc) is 3.15. The number of guanidine groups is 1. The normalized spacial score (nSPS) is 12.6. The van der Waals surface area contributed by atoms with Gasteiger partial charge in [0.05, 0.1) is 17.2 Å². The van der Waals surface area contributed by atoms with E-state index in [0.29, 0.717) is 5.92 Å². The number of aromatic nitrogens is 3. The van der Waals surface area contributed by atoms with E-state index in [-0.39, 0.29) is 24.0 Å². The molecule has 1 atom stereocenters. The number of nitrogens with zero attached hydrogens (tertiary/aromatic N) is 5. The highest BCUT2D eigenvalue weighted by atomic mass is 127. The van der Waals surface area contributed by atoms with E-state index in [1.165, 1.54) is 0 Å². The molecule has 2 heterocycles. The molecule has 0 bridgehead atoms. The van der Waals surface area contributed by atoms with Gasteiger partial charge in [-0.2, -0.15) is 5.10 Å². The molecule has 0 amide bonds. The van der Waals surface area contributed by atoms with Crippen LogP contribution in [0.15, 0.2) is 28.8 Å². The largest absolute Gasteiger partial charge is 0.357 e. The maximum absolute atomic E-state index is 4.76. The highest BCUT2D eigenvalue weighted by Gasteiger charge is 2.10. The smallest absolute Gasteiger partial charge is 0.194 e. The summed E-state index contributed by atoms with van der Waals surface area (Å²) in [7, 11) is 2.05. The molecule has 134 valence electrons. The highest BCUT2D eigenvalue weighted by molar-refractivity contribution is 14.0. The second-order valence-corrected chi connectivity index (χ2v) is 6.80. The SMILES string of the molecule is CCNC(=NCC(C)Cn1cccn1)N(C)Cc1csc(C)n1.I. The number of aliphatic imine (C=N–C) groups is 1. The molecule has 0 spiro atoms. The number of thiazole rings is 1. The van der Waals surface area contributed by atoms with Crippen LogP contribution in [0.3, 0.4) is 0 Å². The first-order valence-electron chi connectivity index (χ1n) is 7.96. The van der Waals surface area contributed by atoms with E-state index in [1.54, 1.807) is 11.3 Å². The minimum absolute atomic E-state index is 0. The van der Waals surface area contributed by atoms with Gasteiger partial charge in [-0.3, -0.25) is 9.67 Å². The molecule has 8 heteroatoms. The second kappa shape index (κ2) is 10.7. The Morgan fingerprint density at radius 1 is 1.50 bits per heavy atom. The Labute approximate surface area is 165 Å². The van der Waals surface area contributed by atoms with Crippen molar-refractivity contribution in [2.45, 2.75) is 33.9 Å². The van der Waals surface area contributed by atoms with Gasteiger partial charge < -0.3 is 10.2 Å². The highest BCUT2D eigenvalue weighted by Crippen LogP contribution is 2.10. The molecule has 0 fully saturated rings. The number of halogens is 1. The second-order valence-electron chi connectivity index (χ2n) is 5.74. The molecule has 24 heavy (non-hydrogen) atoms. The van der Waals surface area contributed by atoms with Crippen molar-refractivity contribution in [2.75, 3.05) is 20.1 Å². The van der Waals surface area contributed by atoms with Crippen molar-refractivity contribution in [1.29, 1.82) is 0 Å². The van der Waals surface area contributed by atoms with Gasteiger partial charge in [-0.25, -0.2) is 4.98 Å². The zero-order chi connectivity index (χ0) is 16.7. The van der Waals surface area contributed by atoms with Crippen LogP contribution in [0.1, 0.15) is 24.5 Å². The van der Waals surface area contributed by atoms with Crippen LogP contribution in [0.5, 0.6) is 0 Å². The molecule has 6 nitrogen and oxygen atoms in total. The summed E-state index contributed by atoms with van der Waals surface area (Å²) in [5.74, 6) is 1.35. The third kappa shape index (κ3) is 6.76. The Kier molecular flexibility index (Phi) is 9.27. The predicted octanol–water partition coefficient (Wildman–Crippen LogP) is 3.00. The van der Waals surface area contributed by atoms with E-state index in [0.717, 1.165) is 42.8 Å². The molecule has 0 saturated heterocycles. The molecule has 2 aromatic rings. The van der Waals surface area contributed by atoms with Crippen molar-refractivity contribution in [1.82, 2.24) is 25.0 Å². The van der Waals surface area contributed by atoms with Gasteiger partial charge in [-0.1, -0.05) is 6.92 Å². The quantitative estimate of drug-likeness (QED) is 0.391. The molecule has 0 aromatic carbocycles. The lowest BCUT2D eigenvalue weighted by molar-refractivity contribution is 0.442. The summed E-state index contributed by atoms with van der Waals surface area (Å²) in [6.45, 7) is 9.58. The molecule has 0 saturated carbocycles. The fourth-order valence-corrected chi connectivity index (χ4v) is 2.90. The lowest BCUT2D eigenvalue weighted by atomic mass is 10.2. The van der Waals surface area contributed by atoms with E-state index >= 15 is 0 Å². The van der Waals surface area contributed by atoms with Gasteiger partial charge in [-0.15, -0.1) is 35.3 Å². The first kappa shape index (κ1) is 20.9. The summed E-state index contributed by atoms with van der Waals surface area (Å²) in [6, 6.07) is 1.95. The monoisotopic (exact) mass is 462 g/mol. The summed E-state index contributed by atoms with van der Waals surface area (Å²) in [5, 5.41) is 10.8. The van der Waals surface area contributed by atoms with Crippen LogP contribution in [0, 0.1) is 12.8 Å². The summed E-state index contributed by atoms with van der Waals surface area (Å²) >= 11 is 1.68. The van der Waals surface area contributed by atoms with Crippen molar-refractivity contribution in [2.24, 2.45) is 10.9 Å². The number of nitrogens with one attached hydrogen (secondary N) is 1. The molecular formula is C16H27IN6S. The van der Waals surface area contributed by atoms with Gasteiger partial charge in [-0.05, 0) is 25.8 Å². The Balaban J connectivity index is 0.00000288. The molecule has 2 aromatic heterocycles. The zero-order valence-corrected chi connectivity index (χ0v) is 17.9. The molecular weight excluding hydrogens is 435 g/mol. The van der Waals surface area contributed by atoms with Crippen LogP contribution in [0.25, 0.3) is 0 Å². The third-order valence-electron chi connectivity index (χ3n) is 3.37. The van der Waals surface area contributed by atoms with Crippen molar-refractivity contribution >= 4 is 41.3 Å². The van der Waals surface area contributed by atoms with E-state index in [2.05, 4.69) is 39.5 Å². The van der Waals surface area contributed by atoms with Gasteiger partial charge in [0.2, 0.25) is 0 Å². The third-order valence-corrected chi connectivity index (χ3v) is 4.20. The molecule has 0 radical (unpaired) electrons. The standard InChI is InChI=1S/C16H26N6S.HI/c1-5-17-16(21(4)11-15-12-23-14(3)20-15)18-9-13(2)10-22-8-6-7-19-22;/h6-8,12-13H,5,9-11H2,1-4H3,(H,17,18);1H.